The molecule has 0 aromatic carbocycles. The van der Waals surface area contributed by atoms with Gasteiger partial charge in [0.2, 0.25) is 5.43 Å². The molecule has 0 fully saturated rings. The monoisotopic (exact) mass is 329 g/mol. The van der Waals surface area contributed by atoms with Gasteiger partial charge in [-0.25, -0.2) is 13.4 Å². The van der Waals surface area contributed by atoms with Gasteiger partial charge in [-0.1, -0.05) is 0 Å². The van der Waals surface area contributed by atoms with Crippen LogP contribution in [0, 0.1) is 0 Å². The lowest BCUT2D eigenvalue weighted by atomic mass is 10.5. The number of pyridine rings is 2. The summed E-state index contributed by atoms with van der Waals surface area (Å²) < 4.78 is 26.7. The molecular formula is C10H8BrN3O3S. The first-order valence-electron chi connectivity index (χ1n) is 4.81. The Balaban J connectivity index is 2.43. The summed E-state index contributed by atoms with van der Waals surface area (Å²) in [7, 11) is -3.95. The van der Waals surface area contributed by atoms with Crippen LogP contribution in [0.5, 0.6) is 0 Å². The van der Waals surface area contributed by atoms with Crippen LogP contribution in [-0.4, -0.2) is 18.4 Å². The van der Waals surface area contributed by atoms with Crippen LogP contribution in [0.3, 0.4) is 0 Å². The molecule has 0 spiro atoms. The Kier molecular flexibility index (Phi) is 3.48. The van der Waals surface area contributed by atoms with Crippen LogP contribution in [0.4, 0.5) is 5.82 Å². The quantitative estimate of drug-likeness (QED) is 0.888. The van der Waals surface area contributed by atoms with Crippen molar-refractivity contribution in [1.82, 2.24) is 9.97 Å². The molecule has 8 heteroatoms. The number of nitrogens with zero attached hydrogens (tertiary/aromatic N) is 1. The number of aromatic amines is 1. The zero-order valence-electron chi connectivity index (χ0n) is 8.92. The first-order valence-corrected chi connectivity index (χ1v) is 7.09. The van der Waals surface area contributed by atoms with Crippen LogP contribution >= 0.6 is 15.9 Å². The third-order valence-electron chi connectivity index (χ3n) is 2.07. The maximum Gasteiger partial charge on any atom is 0.268 e. The predicted octanol–water partition coefficient (Wildman–Crippen LogP) is 1.33. The van der Waals surface area contributed by atoms with Gasteiger partial charge in [0.05, 0.1) is 4.47 Å². The van der Waals surface area contributed by atoms with Gasteiger partial charge in [-0.2, -0.15) is 0 Å². The molecule has 0 saturated carbocycles. The van der Waals surface area contributed by atoms with Crippen LogP contribution in [-0.2, 0) is 10.0 Å². The zero-order valence-corrected chi connectivity index (χ0v) is 11.3. The molecule has 2 N–H and O–H groups in total. The number of rotatable bonds is 3. The SMILES string of the molecule is O=c1cc[nH]cc1S(=O)(=O)Nc1ncccc1Br. The summed E-state index contributed by atoms with van der Waals surface area (Å²) in [5.41, 5.74) is -0.590. The lowest BCUT2D eigenvalue weighted by Gasteiger charge is -2.07. The van der Waals surface area contributed by atoms with E-state index in [9.17, 15) is 13.2 Å². The van der Waals surface area contributed by atoms with E-state index < -0.39 is 15.5 Å². The van der Waals surface area contributed by atoms with Crippen LogP contribution in [0.1, 0.15) is 0 Å². The Bertz CT molecular complexity index is 727. The van der Waals surface area contributed by atoms with Crippen LogP contribution in [0.25, 0.3) is 0 Å². The van der Waals surface area contributed by atoms with E-state index in [4.69, 9.17) is 0 Å². The first kappa shape index (κ1) is 12.8. The Morgan fingerprint density at radius 3 is 2.78 bits per heavy atom. The van der Waals surface area contributed by atoms with Crippen molar-refractivity contribution in [3.05, 3.63) is 51.5 Å². The molecule has 0 aliphatic rings. The average Bonchev–Trinajstić information content (AvgIpc) is 2.32. The molecule has 0 aliphatic heterocycles. The molecule has 2 aromatic heterocycles. The van der Waals surface area contributed by atoms with Crippen LogP contribution in [0.2, 0.25) is 0 Å². The third kappa shape index (κ3) is 2.59. The zero-order chi connectivity index (χ0) is 13.2. The summed E-state index contributed by atoms with van der Waals surface area (Å²) in [6.07, 6.45) is 3.93. The number of anilines is 1. The summed E-state index contributed by atoms with van der Waals surface area (Å²) in [5.74, 6) is 0.126. The van der Waals surface area contributed by atoms with Crippen LogP contribution < -0.4 is 10.2 Å². The Hall–Kier alpha value is -1.67. The highest BCUT2D eigenvalue weighted by Crippen LogP contribution is 2.20. The van der Waals surface area contributed by atoms with Crippen molar-refractivity contribution >= 4 is 31.8 Å². The number of nitrogens with one attached hydrogen (secondary N) is 2. The Morgan fingerprint density at radius 1 is 1.33 bits per heavy atom. The topological polar surface area (TPSA) is 91.9 Å². The first-order chi connectivity index (χ1) is 8.50. The Labute approximate surface area is 111 Å². The van der Waals surface area contributed by atoms with E-state index in [1.807, 2.05) is 0 Å². The molecule has 0 saturated heterocycles. The fourth-order valence-electron chi connectivity index (χ4n) is 1.25. The maximum atomic E-state index is 12.0. The number of aromatic nitrogens is 2. The number of sulfonamides is 1. The lowest BCUT2D eigenvalue weighted by Crippen LogP contribution is -2.21. The van der Waals surface area contributed by atoms with Gasteiger partial charge in [-0.15, -0.1) is 0 Å². The molecule has 2 aromatic rings. The van der Waals surface area contributed by atoms with Crippen molar-refractivity contribution in [2.24, 2.45) is 0 Å². The molecule has 0 amide bonds. The second-order valence-electron chi connectivity index (χ2n) is 3.31. The van der Waals surface area contributed by atoms with E-state index >= 15 is 0 Å². The van der Waals surface area contributed by atoms with Crippen molar-refractivity contribution in [3.8, 4) is 0 Å². The number of halogens is 1. The van der Waals surface area contributed by atoms with Crippen molar-refractivity contribution in [2.75, 3.05) is 4.72 Å². The van der Waals surface area contributed by atoms with E-state index in [2.05, 4.69) is 30.6 Å². The standard InChI is InChI=1S/C10H8BrN3O3S/c11-7-2-1-4-13-10(7)14-18(16,17)9-6-12-5-3-8(9)15/h1-6H,(H,12,15)(H,13,14). The second kappa shape index (κ2) is 4.91. The van der Waals surface area contributed by atoms with E-state index in [1.165, 1.54) is 12.4 Å². The van der Waals surface area contributed by atoms with Gasteiger partial charge in [-0.3, -0.25) is 9.52 Å². The highest BCUT2D eigenvalue weighted by Gasteiger charge is 2.19. The number of H-pyrrole nitrogens is 1. The average molecular weight is 330 g/mol. The molecule has 0 radical (unpaired) electrons. The van der Waals surface area contributed by atoms with Gasteiger partial charge in [0.25, 0.3) is 10.0 Å². The minimum absolute atomic E-state index is 0.126. The lowest BCUT2D eigenvalue weighted by molar-refractivity contribution is 0.600. The van der Waals surface area contributed by atoms with Gasteiger partial charge in [0.15, 0.2) is 10.7 Å². The summed E-state index contributed by atoms with van der Waals surface area (Å²) in [5, 5.41) is 0. The van der Waals surface area contributed by atoms with Gasteiger partial charge >= 0.3 is 0 Å². The summed E-state index contributed by atoms with van der Waals surface area (Å²) in [4.78, 5) is 17.5. The number of hydrogen-bond donors (Lipinski definition) is 2. The molecule has 0 unspecified atom stereocenters. The van der Waals surface area contributed by atoms with Crippen molar-refractivity contribution < 1.29 is 8.42 Å². The largest absolute Gasteiger partial charge is 0.366 e. The molecule has 0 bridgehead atoms. The highest BCUT2D eigenvalue weighted by atomic mass is 79.9. The summed E-state index contributed by atoms with van der Waals surface area (Å²) in [6, 6.07) is 4.43. The molecule has 6 nitrogen and oxygen atoms in total. The molecule has 0 aliphatic carbocycles. The molecule has 94 valence electrons. The van der Waals surface area contributed by atoms with E-state index in [0.29, 0.717) is 4.47 Å². The van der Waals surface area contributed by atoms with Crippen molar-refractivity contribution in [1.29, 1.82) is 0 Å². The maximum absolute atomic E-state index is 12.0. The second-order valence-corrected chi connectivity index (χ2v) is 5.82. The Morgan fingerprint density at radius 2 is 2.11 bits per heavy atom. The predicted molar refractivity (Wildman–Crippen MR) is 69.8 cm³/mol. The molecular weight excluding hydrogens is 322 g/mol. The van der Waals surface area contributed by atoms with E-state index in [-0.39, 0.29) is 10.7 Å². The smallest absolute Gasteiger partial charge is 0.268 e. The van der Waals surface area contributed by atoms with Gasteiger partial charge in [-0.05, 0) is 28.1 Å². The van der Waals surface area contributed by atoms with Gasteiger partial charge in [0.1, 0.15) is 0 Å². The third-order valence-corrected chi connectivity index (χ3v) is 4.07. The summed E-state index contributed by atoms with van der Waals surface area (Å²) in [6.45, 7) is 0. The van der Waals surface area contributed by atoms with Crippen LogP contribution in [0.15, 0.2) is 51.0 Å². The van der Waals surface area contributed by atoms with Gasteiger partial charge < -0.3 is 4.98 Å². The minimum atomic E-state index is -3.95. The summed E-state index contributed by atoms with van der Waals surface area (Å²) >= 11 is 3.16. The van der Waals surface area contributed by atoms with Crippen molar-refractivity contribution in [3.63, 3.8) is 0 Å². The minimum Gasteiger partial charge on any atom is -0.366 e. The van der Waals surface area contributed by atoms with E-state index in [1.54, 1.807) is 12.1 Å². The van der Waals surface area contributed by atoms with Gasteiger partial charge in [0, 0.05) is 24.7 Å². The normalized spacial score (nSPS) is 11.2. The highest BCUT2D eigenvalue weighted by molar-refractivity contribution is 9.10. The molecule has 2 heterocycles. The molecule has 18 heavy (non-hydrogen) atoms. The fraction of sp³-hybridized carbons (Fsp3) is 0. The molecule has 2 rings (SSSR count). The number of hydrogen-bond acceptors (Lipinski definition) is 4. The van der Waals surface area contributed by atoms with Crippen molar-refractivity contribution in [2.45, 2.75) is 4.90 Å². The molecule has 0 atom stereocenters. The fourth-order valence-corrected chi connectivity index (χ4v) is 2.82. The van der Waals surface area contributed by atoms with E-state index in [0.717, 1.165) is 12.3 Å².